The van der Waals surface area contributed by atoms with Crippen molar-refractivity contribution in [1.29, 1.82) is 0 Å². The maximum absolute atomic E-state index is 4.63. The number of rotatable bonds is 4. The summed E-state index contributed by atoms with van der Waals surface area (Å²) in [6.45, 7) is 9.55. The minimum atomic E-state index is 0.470. The third-order valence-electron chi connectivity index (χ3n) is 2.28. The molecular formula is C11H21N3. The van der Waals surface area contributed by atoms with E-state index in [2.05, 4.69) is 43.0 Å². The van der Waals surface area contributed by atoms with Crippen molar-refractivity contribution < 1.29 is 0 Å². The van der Waals surface area contributed by atoms with Crippen LogP contribution in [0.5, 0.6) is 0 Å². The van der Waals surface area contributed by atoms with Crippen molar-refractivity contribution in [1.82, 2.24) is 15.3 Å². The number of imidazole rings is 1. The van der Waals surface area contributed by atoms with Gasteiger partial charge < -0.3 is 10.3 Å². The molecule has 1 rings (SSSR count). The van der Waals surface area contributed by atoms with Gasteiger partial charge in [-0.15, -0.1) is 0 Å². The highest BCUT2D eigenvalue weighted by molar-refractivity contribution is 5.19. The van der Waals surface area contributed by atoms with Crippen LogP contribution in [0.4, 0.5) is 0 Å². The van der Waals surface area contributed by atoms with E-state index in [1.165, 1.54) is 11.4 Å². The fourth-order valence-corrected chi connectivity index (χ4v) is 1.51. The number of aromatic nitrogens is 2. The fraction of sp³-hybridized carbons (Fsp3) is 0.727. The summed E-state index contributed by atoms with van der Waals surface area (Å²) < 4.78 is 0. The largest absolute Gasteiger partial charge is 0.344 e. The Labute approximate surface area is 86.3 Å². The molecule has 0 radical (unpaired) electrons. The maximum atomic E-state index is 4.63. The van der Waals surface area contributed by atoms with Gasteiger partial charge in [-0.05, 0) is 13.0 Å². The molecule has 0 saturated heterocycles. The third-order valence-corrected chi connectivity index (χ3v) is 2.28. The lowest BCUT2D eigenvalue weighted by Gasteiger charge is -2.03. The molecule has 1 aromatic rings. The first-order valence-electron chi connectivity index (χ1n) is 5.29. The zero-order valence-electron chi connectivity index (χ0n) is 9.81. The van der Waals surface area contributed by atoms with Crippen molar-refractivity contribution in [2.75, 3.05) is 7.05 Å². The normalized spacial score (nSPS) is 11.6. The van der Waals surface area contributed by atoms with Crippen molar-refractivity contribution in [2.24, 2.45) is 0 Å². The Bertz CT molecular complexity index is 287. The molecule has 3 heteroatoms. The molecule has 1 aromatic heterocycles. The Hall–Kier alpha value is -0.830. The Morgan fingerprint density at radius 2 is 1.86 bits per heavy atom. The molecule has 0 bridgehead atoms. The lowest BCUT2D eigenvalue weighted by Crippen LogP contribution is -2.08. The van der Waals surface area contributed by atoms with Crippen LogP contribution in [0.25, 0.3) is 0 Å². The Balaban J connectivity index is 2.99. The van der Waals surface area contributed by atoms with Crippen LogP contribution in [-0.4, -0.2) is 17.0 Å². The average Bonchev–Trinajstić information content (AvgIpc) is 2.49. The molecule has 0 amide bonds. The van der Waals surface area contributed by atoms with Gasteiger partial charge in [-0.25, -0.2) is 4.98 Å². The highest BCUT2D eigenvalue weighted by Gasteiger charge is 2.14. The lowest BCUT2D eigenvalue weighted by molar-refractivity contribution is 0.750. The third kappa shape index (κ3) is 2.35. The minimum absolute atomic E-state index is 0.470. The zero-order valence-corrected chi connectivity index (χ0v) is 9.81. The molecule has 0 aromatic carbocycles. The van der Waals surface area contributed by atoms with Crippen molar-refractivity contribution in [3.63, 3.8) is 0 Å². The van der Waals surface area contributed by atoms with Crippen molar-refractivity contribution in [3.8, 4) is 0 Å². The van der Waals surface area contributed by atoms with E-state index in [0.717, 1.165) is 12.4 Å². The number of nitrogens with one attached hydrogen (secondary N) is 2. The topological polar surface area (TPSA) is 40.7 Å². The van der Waals surface area contributed by atoms with Gasteiger partial charge in [0.05, 0.1) is 11.4 Å². The summed E-state index contributed by atoms with van der Waals surface area (Å²) in [5.41, 5.74) is 2.43. The van der Waals surface area contributed by atoms with Crippen molar-refractivity contribution in [3.05, 3.63) is 17.2 Å². The van der Waals surface area contributed by atoms with Crippen LogP contribution in [0.2, 0.25) is 0 Å². The summed E-state index contributed by atoms with van der Waals surface area (Å²) in [6, 6.07) is 0. The lowest BCUT2D eigenvalue weighted by atomic mass is 10.1. The molecule has 80 valence electrons. The molecule has 2 N–H and O–H groups in total. The van der Waals surface area contributed by atoms with Gasteiger partial charge in [-0.3, -0.25) is 0 Å². The summed E-state index contributed by atoms with van der Waals surface area (Å²) in [4.78, 5) is 8.02. The van der Waals surface area contributed by atoms with Gasteiger partial charge >= 0.3 is 0 Å². The summed E-state index contributed by atoms with van der Waals surface area (Å²) in [7, 11) is 1.96. The van der Waals surface area contributed by atoms with Crippen LogP contribution in [0.1, 0.15) is 56.7 Å². The van der Waals surface area contributed by atoms with Gasteiger partial charge in [0.25, 0.3) is 0 Å². The van der Waals surface area contributed by atoms with Gasteiger partial charge in [0.15, 0.2) is 0 Å². The summed E-state index contributed by atoms with van der Waals surface area (Å²) in [5.74, 6) is 2.05. The van der Waals surface area contributed by atoms with Crippen LogP contribution in [-0.2, 0) is 6.54 Å². The number of nitrogens with zero attached hydrogens (tertiary/aromatic N) is 1. The summed E-state index contributed by atoms with van der Waals surface area (Å²) in [5, 5.41) is 3.16. The first-order chi connectivity index (χ1) is 6.56. The first kappa shape index (κ1) is 11.2. The van der Waals surface area contributed by atoms with Crippen LogP contribution in [0.15, 0.2) is 0 Å². The molecule has 14 heavy (non-hydrogen) atoms. The highest BCUT2D eigenvalue weighted by Crippen LogP contribution is 2.20. The highest BCUT2D eigenvalue weighted by atomic mass is 15.0. The van der Waals surface area contributed by atoms with Gasteiger partial charge in [0.1, 0.15) is 5.82 Å². The molecule has 0 aliphatic rings. The van der Waals surface area contributed by atoms with E-state index >= 15 is 0 Å². The van der Waals surface area contributed by atoms with Gasteiger partial charge in [0.2, 0.25) is 0 Å². The predicted molar refractivity (Wildman–Crippen MR) is 59.5 cm³/mol. The summed E-state index contributed by atoms with van der Waals surface area (Å²) >= 11 is 0. The van der Waals surface area contributed by atoms with Crippen LogP contribution < -0.4 is 5.32 Å². The summed E-state index contributed by atoms with van der Waals surface area (Å²) in [6.07, 6.45) is 0. The van der Waals surface area contributed by atoms with E-state index in [1.807, 2.05) is 7.05 Å². The Morgan fingerprint density at radius 1 is 1.21 bits per heavy atom. The van der Waals surface area contributed by atoms with Crippen molar-refractivity contribution >= 4 is 0 Å². The fourth-order valence-electron chi connectivity index (χ4n) is 1.51. The monoisotopic (exact) mass is 195 g/mol. The van der Waals surface area contributed by atoms with E-state index < -0.39 is 0 Å². The van der Waals surface area contributed by atoms with E-state index in [4.69, 9.17) is 0 Å². The van der Waals surface area contributed by atoms with E-state index in [9.17, 15) is 0 Å². The second-order valence-electron chi connectivity index (χ2n) is 4.33. The molecule has 0 unspecified atom stereocenters. The predicted octanol–water partition coefficient (Wildman–Crippen LogP) is 2.38. The van der Waals surface area contributed by atoms with E-state index in [1.54, 1.807) is 0 Å². The van der Waals surface area contributed by atoms with Crippen LogP contribution >= 0.6 is 0 Å². The van der Waals surface area contributed by atoms with Gasteiger partial charge in [-0.2, -0.15) is 0 Å². The van der Waals surface area contributed by atoms with Crippen LogP contribution in [0, 0.1) is 0 Å². The molecule has 0 spiro atoms. The number of aromatic amines is 1. The molecule has 0 saturated carbocycles. The molecule has 1 heterocycles. The smallest absolute Gasteiger partial charge is 0.109 e. The number of hydrogen-bond acceptors (Lipinski definition) is 2. The molecule has 0 fully saturated rings. The first-order valence-corrected chi connectivity index (χ1v) is 5.29. The molecular weight excluding hydrogens is 174 g/mol. The average molecular weight is 195 g/mol. The van der Waals surface area contributed by atoms with Gasteiger partial charge in [-0.1, -0.05) is 27.7 Å². The zero-order chi connectivity index (χ0) is 10.7. The maximum Gasteiger partial charge on any atom is 0.109 e. The molecule has 0 aliphatic carbocycles. The second-order valence-corrected chi connectivity index (χ2v) is 4.33. The van der Waals surface area contributed by atoms with E-state index in [-0.39, 0.29) is 0 Å². The Kier molecular flexibility index (Phi) is 3.69. The quantitative estimate of drug-likeness (QED) is 0.774. The second kappa shape index (κ2) is 4.60. The van der Waals surface area contributed by atoms with Gasteiger partial charge in [0, 0.05) is 12.5 Å². The standard InChI is InChI=1S/C11H21N3/c1-7(2)10-9(6-12-5)13-11(14-10)8(3)4/h7-8,12H,6H2,1-5H3,(H,13,14). The van der Waals surface area contributed by atoms with Crippen molar-refractivity contribution in [2.45, 2.75) is 46.1 Å². The molecule has 0 aliphatic heterocycles. The Morgan fingerprint density at radius 3 is 2.29 bits per heavy atom. The molecule has 3 nitrogen and oxygen atoms in total. The minimum Gasteiger partial charge on any atom is -0.344 e. The molecule has 0 atom stereocenters. The number of H-pyrrole nitrogens is 1. The van der Waals surface area contributed by atoms with Crippen LogP contribution in [0.3, 0.4) is 0 Å². The SMILES string of the molecule is CNCc1[nH]c(C(C)C)nc1C(C)C. The van der Waals surface area contributed by atoms with E-state index in [0.29, 0.717) is 11.8 Å². The number of hydrogen-bond donors (Lipinski definition) is 2.